The molecule has 1 aliphatic carbocycles. The average Bonchev–Trinajstić information content (AvgIpc) is 2.95. The third-order valence-corrected chi connectivity index (χ3v) is 5.73. The number of rotatable bonds is 4. The van der Waals surface area contributed by atoms with Gasteiger partial charge in [-0.15, -0.1) is 11.8 Å². The van der Waals surface area contributed by atoms with Gasteiger partial charge in [0.15, 0.2) is 0 Å². The standard InChI is InChI=1S/C17H25NS/c1-4-12-18(13-5-1)14-15-8-10-17(11-9-15)19-16-6-2-3-7-16/h8-11,16H,1-7,12-14H2. The molecule has 0 spiro atoms. The summed E-state index contributed by atoms with van der Waals surface area (Å²) < 4.78 is 0. The summed E-state index contributed by atoms with van der Waals surface area (Å²) in [6.45, 7) is 3.73. The lowest BCUT2D eigenvalue weighted by Gasteiger charge is -2.26. The zero-order valence-electron chi connectivity index (χ0n) is 11.8. The number of nitrogens with zero attached hydrogens (tertiary/aromatic N) is 1. The van der Waals surface area contributed by atoms with E-state index < -0.39 is 0 Å². The van der Waals surface area contributed by atoms with E-state index in [0.29, 0.717) is 0 Å². The van der Waals surface area contributed by atoms with Crippen molar-refractivity contribution in [3.63, 3.8) is 0 Å². The molecule has 0 bridgehead atoms. The number of hydrogen-bond donors (Lipinski definition) is 0. The molecular weight excluding hydrogens is 250 g/mol. The first-order chi connectivity index (χ1) is 9.40. The zero-order chi connectivity index (χ0) is 12.9. The molecule has 1 nitrogen and oxygen atoms in total. The predicted molar refractivity (Wildman–Crippen MR) is 83.7 cm³/mol. The van der Waals surface area contributed by atoms with E-state index in [1.165, 1.54) is 68.5 Å². The van der Waals surface area contributed by atoms with Gasteiger partial charge in [0, 0.05) is 16.7 Å². The van der Waals surface area contributed by atoms with Crippen LogP contribution in [0.4, 0.5) is 0 Å². The molecule has 1 aromatic rings. The first kappa shape index (κ1) is 13.5. The van der Waals surface area contributed by atoms with Crippen LogP contribution in [-0.2, 0) is 6.54 Å². The Bertz CT molecular complexity index is 375. The fraction of sp³-hybridized carbons (Fsp3) is 0.647. The molecule has 1 aliphatic heterocycles. The van der Waals surface area contributed by atoms with Gasteiger partial charge in [0.25, 0.3) is 0 Å². The SMILES string of the molecule is c1cc(SC2CCCC2)ccc1CN1CCCCC1. The minimum absolute atomic E-state index is 0.882. The maximum atomic E-state index is 2.60. The predicted octanol–water partition coefficient (Wildman–Crippen LogP) is 4.71. The van der Waals surface area contributed by atoms with E-state index in [1.54, 1.807) is 0 Å². The summed E-state index contributed by atoms with van der Waals surface area (Å²) in [5.41, 5.74) is 1.48. The van der Waals surface area contributed by atoms with Gasteiger partial charge < -0.3 is 0 Å². The highest BCUT2D eigenvalue weighted by Crippen LogP contribution is 2.34. The smallest absolute Gasteiger partial charge is 0.0233 e. The third-order valence-electron chi connectivity index (χ3n) is 4.38. The molecule has 1 saturated carbocycles. The van der Waals surface area contributed by atoms with E-state index in [1.807, 2.05) is 0 Å². The highest BCUT2D eigenvalue weighted by molar-refractivity contribution is 8.00. The van der Waals surface area contributed by atoms with Crippen molar-refractivity contribution in [2.45, 2.75) is 61.6 Å². The minimum atomic E-state index is 0.882. The first-order valence-corrected chi connectivity index (χ1v) is 8.76. The minimum Gasteiger partial charge on any atom is -0.299 e. The second kappa shape index (κ2) is 6.81. The van der Waals surface area contributed by atoms with Crippen LogP contribution in [0, 0.1) is 0 Å². The molecule has 0 unspecified atom stereocenters. The van der Waals surface area contributed by atoms with E-state index in [-0.39, 0.29) is 0 Å². The Hall–Kier alpha value is -0.470. The molecule has 1 heterocycles. The maximum Gasteiger partial charge on any atom is 0.0233 e. The fourth-order valence-electron chi connectivity index (χ4n) is 3.25. The van der Waals surface area contributed by atoms with Crippen LogP contribution >= 0.6 is 11.8 Å². The van der Waals surface area contributed by atoms with Gasteiger partial charge in [-0.25, -0.2) is 0 Å². The summed E-state index contributed by atoms with van der Waals surface area (Å²) in [5, 5.41) is 0.882. The number of likely N-dealkylation sites (tertiary alicyclic amines) is 1. The Balaban J connectivity index is 1.52. The van der Waals surface area contributed by atoms with Crippen molar-refractivity contribution < 1.29 is 0 Å². The lowest BCUT2D eigenvalue weighted by atomic mass is 10.1. The van der Waals surface area contributed by atoms with Crippen molar-refractivity contribution in [1.29, 1.82) is 0 Å². The Kier molecular flexibility index (Phi) is 4.84. The normalized spacial score (nSPS) is 21.9. The summed E-state index contributed by atoms with van der Waals surface area (Å²) in [6, 6.07) is 9.35. The van der Waals surface area contributed by atoms with E-state index >= 15 is 0 Å². The molecular formula is C17H25NS. The molecule has 2 aliphatic rings. The highest BCUT2D eigenvalue weighted by atomic mass is 32.2. The molecule has 2 heteroatoms. The van der Waals surface area contributed by atoms with Crippen molar-refractivity contribution >= 4 is 11.8 Å². The molecule has 0 radical (unpaired) electrons. The van der Waals surface area contributed by atoms with Crippen molar-refractivity contribution in [2.24, 2.45) is 0 Å². The Labute approximate surface area is 121 Å². The molecule has 19 heavy (non-hydrogen) atoms. The van der Waals surface area contributed by atoms with Crippen LogP contribution in [0.1, 0.15) is 50.5 Å². The van der Waals surface area contributed by atoms with Gasteiger partial charge in [-0.2, -0.15) is 0 Å². The summed E-state index contributed by atoms with van der Waals surface area (Å²) in [7, 11) is 0. The molecule has 0 atom stereocenters. The number of piperidine rings is 1. The fourth-order valence-corrected chi connectivity index (χ4v) is 4.49. The quantitative estimate of drug-likeness (QED) is 0.783. The monoisotopic (exact) mass is 275 g/mol. The molecule has 0 amide bonds. The maximum absolute atomic E-state index is 2.60. The molecule has 2 fully saturated rings. The van der Waals surface area contributed by atoms with E-state index in [4.69, 9.17) is 0 Å². The van der Waals surface area contributed by atoms with Crippen LogP contribution in [0.15, 0.2) is 29.2 Å². The second-order valence-corrected chi connectivity index (χ2v) is 7.38. The highest BCUT2D eigenvalue weighted by Gasteiger charge is 2.16. The summed E-state index contributed by atoms with van der Waals surface area (Å²) in [5.74, 6) is 0. The van der Waals surface area contributed by atoms with E-state index in [2.05, 4.69) is 40.9 Å². The molecule has 0 N–H and O–H groups in total. The molecule has 104 valence electrons. The molecule has 0 aromatic heterocycles. The molecule has 1 aromatic carbocycles. The van der Waals surface area contributed by atoms with Crippen molar-refractivity contribution in [1.82, 2.24) is 4.90 Å². The zero-order valence-corrected chi connectivity index (χ0v) is 12.6. The summed E-state index contributed by atoms with van der Waals surface area (Å²) >= 11 is 2.09. The lowest BCUT2D eigenvalue weighted by molar-refractivity contribution is 0.221. The molecule has 1 saturated heterocycles. The average molecular weight is 275 g/mol. The van der Waals surface area contributed by atoms with E-state index in [9.17, 15) is 0 Å². The third kappa shape index (κ3) is 4.00. The van der Waals surface area contributed by atoms with Crippen LogP contribution in [0.25, 0.3) is 0 Å². The van der Waals surface area contributed by atoms with Crippen molar-refractivity contribution in [3.05, 3.63) is 29.8 Å². The van der Waals surface area contributed by atoms with Crippen LogP contribution in [0.3, 0.4) is 0 Å². The molecule has 3 rings (SSSR count). The van der Waals surface area contributed by atoms with Crippen molar-refractivity contribution in [2.75, 3.05) is 13.1 Å². The number of benzene rings is 1. The van der Waals surface area contributed by atoms with Crippen LogP contribution < -0.4 is 0 Å². The van der Waals surface area contributed by atoms with Gasteiger partial charge in [0.05, 0.1) is 0 Å². The van der Waals surface area contributed by atoms with Gasteiger partial charge in [0.1, 0.15) is 0 Å². The van der Waals surface area contributed by atoms with Gasteiger partial charge in [-0.1, -0.05) is 31.4 Å². The van der Waals surface area contributed by atoms with Gasteiger partial charge >= 0.3 is 0 Å². The van der Waals surface area contributed by atoms with Crippen LogP contribution in [-0.4, -0.2) is 23.2 Å². The number of hydrogen-bond acceptors (Lipinski definition) is 2. The number of thioether (sulfide) groups is 1. The Morgan fingerprint density at radius 3 is 2.26 bits per heavy atom. The van der Waals surface area contributed by atoms with Crippen molar-refractivity contribution in [3.8, 4) is 0 Å². The largest absolute Gasteiger partial charge is 0.299 e. The Morgan fingerprint density at radius 1 is 0.895 bits per heavy atom. The van der Waals surface area contributed by atoms with Gasteiger partial charge in [-0.3, -0.25) is 4.90 Å². The summed E-state index contributed by atoms with van der Waals surface area (Å²) in [6.07, 6.45) is 9.90. The summed E-state index contributed by atoms with van der Waals surface area (Å²) in [4.78, 5) is 4.07. The Morgan fingerprint density at radius 2 is 1.58 bits per heavy atom. The van der Waals surface area contributed by atoms with Crippen LogP contribution in [0.5, 0.6) is 0 Å². The lowest BCUT2D eigenvalue weighted by Crippen LogP contribution is -2.28. The topological polar surface area (TPSA) is 3.24 Å². The van der Waals surface area contributed by atoms with Gasteiger partial charge in [-0.05, 0) is 56.5 Å². The van der Waals surface area contributed by atoms with Crippen LogP contribution in [0.2, 0.25) is 0 Å². The first-order valence-electron chi connectivity index (χ1n) is 7.88. The second-order valence-electron chi connectivity index (χ2n) is 6.01. The van der Waals surface area contributed by atoms with E-state index in [0.717, 1.165) is 11.8 Å². The van der Waals surface area contributed by atoms with Gasteiger partial charge in [0.2, 0.25) is 0 Å².